The van der Waals surface area contributed by atoms with Crippen molar-refractivity contribution in [2.45, 2.75) is 106 Å². The largest absolute Gasteiger partial charge is 0.494 e. The van der Waals surface area contributed by atoms with Crippen molar-refractivity contribution < 1.29 is 37.1 Å². The molecule has 55 heavy (non-hydrogen) atoms. The number of carbonyl (C=O) groups is 5. The number of carbonyl (C=O) groups excluding carboxylic acids is 5. The van der Waals surface area contributed by atoms with Gasteiger partial charge >= 0.3 is 6.03 Å². The summed E-state index contributed by atoms with van der Waals surface area (Å²) < 4.78 is 33.8. The van der Waals surface area contributed by atoms with Crippen LogP contribution in [0, 0.1) is 5.92 Å². The van der Waals surface area contributed by atoms with Crippen LogP contribution in [0.2, 0.25) is 0 Å². The number of pyridine rings is 1. The summed E-state index contributed by atoms with van der Waals surface area (Å²) >= 11 is 0. The minimum absolute atomic E-state index is 0.0138. The van der Waals surface area contributed by atoms with Crippen molar-refractivity contribution >= 4 is 39.7 Å². The number of benzene rings is 1. The molecule has 7 rings (SSSR count). The molecule has 294 valence electrons. The van der Waals surface area contributed by atoms with Gasteiger partial charge in [0.05, 0.1) is 17.6 Å². The molecule has 3 fully saturated rings. The molecule has 6 amide bonds. The summed E-state index contributed by atoms with van der Waals surface area (Å²) in [5.74, 6) is -2.21. The van der Waals surface area contributed by atoms with Gasteiger partial charge in [-0.15, -0.1) is 0 Å². The molecule has 4 heterocycles. The van der Waals surface area contributed by atoms with E-state index in [1.165, 1.54) is 4.90 Å². The van der Waals surface area contributed by atoms with Gasteiger partial charge in [-0.05, 0) is 88.5 Å². The van der Waals surface area contributed by atoms with Crippen LogP contribution in [0.15, 0.2) is 54.6 Å². The topological polar surface area (TPSA) is 205 Å². The van der Waals surface area contributed by atoms with E-state index in [2.05, 4.69) is 31.0 Å². The second kappa shape index (κ2) is 16.4. The number of rotatable bonds is 3. The normalized spacial score (nSPS) is 28.8. The van der Waals surface area contributed by atoms with E-state index in [-0.39, 0.29) is 25.1 Å². The molecule has 5 N–H and O–H groups in total. The lowest BCUT2D eigenvalue weighted by atomic mass is 10.0. The fraction of sp³-hybridized carbons (Fsp3) is 0.538. The van der Waals surface area contributed by atoms with Crippen molar-refractivity contribution in [3.8, 4) is 17.0 Å². The second-order valence-electron chi connectivity index (χ2n) is 15.2. The summed E-state index contributed by atoms with van der Waals surface area (Å²) in [7, 11) is -3.90. The minimum atomic E-state index is -3.90. The molecule has 1 aromatic heterocycles. The SMILES string of the molecule is O=C1NCCCCCOc2cccc(c2)-c2cccc(n2)C(=O)N[C@@H]2C[C@H]3C(=O)N[C@]4(C(=O)NS(=O)(=O)C5CC5)C[C@H]4/C=C\CCCCC[C@H](N1)C(=O)N3C2. The Morgan fingerprint density at radius 3 is 2.56 bits per heavy atom. The first-order chi connectivity index (χ1) is 26.5. The lowest BCUT2D eigenvalue weighted by molar-refractivity contribution is -0.141. The number of nitrogens with one attached hydrogen (secondary N) is 5. The Kier molecular flexibility index (Phi) is 11.4. The smallest absolute Gasteiger partial charge is 0.315 e. The zero-order valence-corrected chi connectivity index (χ0v) is 31.6. The van der Waals surface area contributed by atoms with Crippen molar-refractivity contribution in [1.29, 1.82) is 0 Å². The van der Waals surface area contributed by atoms with Crippen molar-refractivity contribution in [3.05, 3.63) is 60.3 Å². The van der Waals surface area contributed by atoms with E-state index >= 15 is 0 Å². The van der Waals surface area contributed by atoms with Gasteiger partial charge in [0.15, 0.2) is 0 Å². The van der Waals surface area contributed by atoms with Crippen molar-refractivity contribution in [3.63, 3.8) is 0 Å². The van der Waals surface area contributed by atoms with Gasteiger partial charge in [-0.25, -0.2) is 18.2 Å². The predicted molar refractivity (Wildman–Crippen MR) is 202 cm³/mol. The fourth-order valence-electron chi connectivity index (χ4n) is 7.64. The number of aromatic nitrogens is 1. The van der Waals surface area contributed by atoms with Gasteiger partial charge in [0, 0.05) is 30.6 Å². The number of ether oxygens (including phenoxy) is 1. The molecule has 16 heteroatoms. The first-order valence-corrected chi connectivity index (χ1v) is 21.0. The molecule has 2 saturated carbocycles. The number of amides is 6. The lowest BCUT2D eigenvalue weighted by Crippen LogP contribution is -2.58. The summed E-state index contributed by atoms with van der Waals surface area (Å²) in [6.07, 6.45) is 10.4. The number of sulfonamides is 1. The van der Waals surface area contributed by atoms with E-state index < -0.39 is 74.5 Å². The molecular formula is C39H49N7O8S. The van der Waals surface area contributed by atoms with Gasteiger partial charge < -0.3 is 30.9 Å². The lowest BCUT2D eigenvalue weighted by Gasteiger charge is -2.30. The third kappa shape index (κ3) is 9.11. The molecule has 2 aromatic rings. The van der Waals surface area contributed by atoms with E-state index in [9.17, 15) is 32.4 Å². The Hall–Kier alpha value is -4.99. The average molecular weight is 776 g/mol. The zero-order chi connectivity index (χ0) is 38.6. The third-order valence-corrected chi connectivity index (χ3v) is 12.8. The van der Waals surface area contributed by atoms with Crippen LogP contribution in [0.25, 0.3) is 11.3 Å². The van der Waals surface area contributed by atoms with Gasteiger partial charge in [-0.2, -0.15) is 0 Å². The van der Waals surface area contributed by atoms with E-state index in [1.807, 2.05) is 36.4 Å². The molecule has 5 atom stereocenters. The molecule has 1 saturated heterocycles. The van der Waals surface area contributed by atoms with Gasteiger partial charge in [-0.1, -0.05) is 43.2 Å². The number of fused-ring (bicyclic) bond motifs is 8. The minimum Gasteiger partial charge on any atom is -0.494 e. The van der Waals surface area contributed by atoms with Crippen molar-refractivity contribution in [1.82, 2.24) is 35.9 Å². The van der Waals surface area contributed by atoms with Crippen LogP contribution >= 0.6 is 0 Å². The van der Waals surface area contributed by atoms with Gasteiger partial charge in [0.1, 0.15) is 29.1 Å². The monoisotopic (exact) mass is 775 g/mol. The van der Waals surface area contributed by atoms with Crippen molar-refractivity contribution in [2.75, 3.05) is 19.7 Å². The van der Waals surface area contributed by atoms with E-state index in [4.69, 9.17) is 4.74 Å². The first-order valence-electron chi connectivity index (χ1n) is 19.4. The molecule has 7 bridgehead atoms. The molecule has 0 spiro atoms. The molecule has 5 aliphatic rings. The van der Waals surface area contributed by atoms with E-state index in [0.717, 1.165) is 31.2 Å². The zero-order valence-electron chi connectivity index (χ0n) is 30.8. The van der Waals surface area contributed by atoms with Crippen LogP contribution in [0.4, 0.5) is 4.79 Å². The highest BCUT2D eigenvalue weighted by Crippen LogP contribution is 2.46. The van der Waals surface area contributed by atoms with Crippen molar-refractivity contribution in [2.24, 2.45) is 5.92 Å². The van der Waals surface area contributed by atoms with Crippen LogP contribution < -0.4 is 30.7 Å². The maximum absolute atomic E-state index is 14.4. The average Bonchev–Trinajstić information content (AvgIpc) is 4.10. The summed E-state index contributed by atoms with van der Waals surface area (Å²) in [6, 6.07) is 9.29. The summed E-state index contributed by atoms with van der Waals surface area (Å²) in [5, 5.41) is 10.9. The molecule has 3 aliphatic heterocycles. The number of nitrogens with zero attached hydrogens (tertiary/aromatic N) is 2. The number of allylic oxidation sites excluding steroid dienone is 1. The van der Waals surface area contributed by atoms with Crippen LogP contribution in [-0.4, -0.2) is 96.6 Å². The van der Waals surface area contributed by atoms with Gasteiger partial charge in [-0.3, -0.25) is 23.9 Å². The maximum atomic E-state index is 14.4. The van der Waals surface area contributed by atoms with Crippen LogP contribution in [0.3, 0.4) is 0 Å². The summed E-state index contributed by atoms with van der Waals surface area (Å²) in [4.78, 5) is 75.3. The molecule has 2 aliphatic carbocycles. The fourth-order valence-corrected chi connectivity index (χ4v) is 9.00. The molecular weight excluding hydrogens is 727 g/mol. The summed E-state index contributed by atoms with van der Waals surface area (Å²) in [5.41, 5.74) is -0.0423. The third-order valence-electron chi connectivity index (χ3n) is 11.0. The van der Waals surface area contributed by atoms with Gasteiger partial charge in [0.2, 0.25) is 21.8 Å². The second-order valence-corrected chi connectivity index (χ2v) is 17.2. The Morgan fingerprint density at radius 2 is 1.73 bits per heavy atom. The van der Waals surface area contributed by atoms with Crippen LogP contribution in [-0.2, 0) is 24.4 Å². The quantitative estimate of drug-likeness (QED) is 0.291. The summed E-state index contributed by atoms with van der Waals surface area (Å²) in [6.45, 7) is 0.831. The molecule has 0 unspecified atom stereocenters. The Bertz CT molecular complexity index is 1950. The van der Waals surface area contributed by atoms with Crippen LogP contribution in [0.1, 0.15) is 87.5 Å². The van der Waals surface area contributed by atoms with E-state index in [1.54, 1.807) is 18.2 Å². The van der Waals surface area contributed by atoms with Crippen LogP contribution in [0.5, 0.6) is 5.75 Å². The number of hydrogen-bond acceptors (Lipinski definition) is 9. The highest BCUT2D eigenvalue weighted by molar-refractivity contribution is 7.91. The molecule has 15 nitrogen and oxygen atoms in total. The Balaban J connectivity index is 1.18. The Labute approximate surface area is 320 Å². The standard InChI is InChI=1S/C39H49N7O8S/c47-34-31-16-10-15-30(42-31)25-11-9-13-28(21-25)54-20-8-4-7-19-40-38(51)43-32-14-6-3-1-2-5-12-26-23-39(26,37(50)45-55(52,53)29-17-18-29)44-35(48)33-22-27(41-34)24-46(33)36(32)49/h5,9-13,15-16,21,26-27,29,32-33H,1-4,6-8,14,17-20,22-24H2,(H,41,47)(H,44,48)(H,45,50)(H2,40,43,51)/b12-5-/t26-,27-,32+,33+,39-/m1/s1. The maximum Gasteiger partial charge on any atom is 0.315 e. The highest BCUT2D eigenvalue weighted by atomic mass is 32.2. The number of urea groups is 1. The highest BCUT2D eigenvalue weighted by Gasteiger charge is 2.62. The van der Waals surface area contributed by atoms with E-state index in [0.29, 0.717) is 63.1 Å². The van der Waals surface area contributed by atoms with Gasteiger partial charge in [0.25, 0.3) is 11.8 Å². The first kappa shape index (κ1) is 38.3. The molecule has 0 radical (unpaired) electrons. The molecule has 1 aromatic carbocycles. The predicted octanol–water partition coefficient (Wildman–Crippen LogP) is 2.68. The Morgan fingerprint density at radius 1 is 0.927 bits per heavy atom. The number of hydrogen-bond donors (Lipinski definition) is 5.